The van der Waals surface area contributed by atoms with Crippen LogP contribution in [0.15, 0.2) is 48.7 Å². The van der Waals surface area contributed by atoms with Crippen molar-refractivity contribution in [3.63, 3.8) is 0 Å². The van der Waals surface area contributed by atoms with Crippen LogP contribution in [0.4, 0.5) is 15.8 Å². The van der Waals surface area contributed by atoms with Gasteiger partial charge in [-0.25, -0.2) is 4.39 Å². The number of anilines is 2. The number of aryl methyl sites for hydroxylation is 1. The average molecular weight is 456 g/mol. The Morgan fingerprint density at radius 2 is 1.88 bits per heavy atom. The van der Waals surface area contributed by atoms with Gasteiger partial charge in [-0.1, -0.05) is 0 Å². The van der Waals surface area contributed by atoms with Gasteiger partial charge in [0.05, 0.1) is 35.1 Å². The number of halogens is 1. The highest BCUT2D eigenvalue weighted by Gasteiger charge is 2.34. The molecule has 7 nitrogen and oxygen atoms in total. The molecule has 1 aromatic heterocycles. The molecule has 0 radical (unpaired) electrons. The number of pyridine rings is 1. The molecule has 34 heavy (non-hydrogen) atoms. The summed E-state index contributed by atoms with van der Waals surface area (Å²) < 4.78 is 14.1. The first-order chi connectivity index (χ1) is 16.2. The van der Waals surface area contributed by atoms with Crippen molar-refractivity contribution in [3.05, 3.63) is 76.9 Å². The molecule has 0 aliphatic carbocycles. The number of ketones is 1. The van der Waals surface area contributed by atoms with Crippen LogP contribution < -0.4 is 10.2 Å². The van der Waals surface area contributed by atoms with Gasteiger partial charge >= 0.3 is 0 Å². The quantitative estimate of drug-likeness (QED) is 0.588. The van der Waals surface area contributed by atoms with Crippen molar-refractivity contribution in [1.29, 1.82) is 5.26 Å². The summed E-state index contributed by atoms with van der Waals surface area (Å²) in [4.78, 5) is 43.3. The number of hydrogen-bond acceptors (Lipinski definition) is 5. The minimum atomic E-state index is -0.739. The monoisotopic (exact) mass is 456 g/mol. The number of nitrogens with one attached hydrogen (secondary N) is 1. The summed E-state index contributed by atoms with van der Waals surface area (Å²) >= 11 is 0. The summed E-state index contributed by atoms with van der Waals surface area (Å²) in [5.74, 6) is -2.21. The number of nitrogens with zero attached hydrogens (tertiary/aromatic N) is 3. The predicted molar refractivity (Wildman–Crippen MR) is 125 cm³/mol. The van der Waals surface area contributed by atoms with Gasteiger partial charge in [0, 0.05) is 22.4 Å². The third-order valence-electron chi connectivity index (χ3n) is 5.85. The largest absolute Gasteiger partial charge is 0.325 e. The van der Waals surface area contributed by atoms with Crippen molar-refractivity contribution in [3.8, 4) is 17.2 Å². The highest BCUT2D eigenvalue weighted by molar-refractivity contribution is 6.09. The summed E-state index contributed by atoms with van der Waals surface area (Å²) in [7, 11) is 0. The summed E-state index contributed by atoms with van der Waals surface area (Å²) in [6, 6.07) is 13.1. The molecule has 1 aliphatic heterocycles. The molecule has 3 aromatic rings. The van der Waals surface area contributed by atoms with Crippen molar-refractivity contribution in [2.45, 2.75) is 26.7 Å². The molecule has 2 amide bonds. The number of hydrogen-bond donors (Lipinski definition) is 1. The normalized spacial score (nSPS) is 14.5. The number of rotatable bonds is 4. The van der Waals surface area contributed by atoms with Crippen LogP contribution in [0.1, 0.15) is 46.9 Å². The van der Waals surface area contributed by atoms with Gasteiger partial charge in [0.1, 0.15) is 12.4 Å². The van der Waals surface area contributed by atoms with E-state index in [1.807, 2.05) is 0 Å². The van der Waals surface area contributed by atoms with E-state index in [0.717, 1.165) is 6.20 Å². The number of benzene rings is 2. The number of fused-ring (bicyclic) bond motifs is 3. The fraction of sp³-hybridized carbons (Fsp3) is 0.192. The summed E-state index contributed by atoms with van der Waals surface area (Å²) in [6.45, 7) is 4.54. The second-order valence-electron chi connectivity index (χ2n) is 8.21. The maximum absolute atomic E-state index is 14.1. The van der Waals surface area contributed by atoms with E-state index in [2.05, 4.69) is 16.4 Å². The smallest absolute Gasteiger partial charge is 0.244 e. The second kappa shape index (κ2) is 8.87. The number of carbonyl (C=O) groups excluding carboxylic acids is 3. The Labute approximate surface area is 195 Å². The zero-order chi connectivity index (χ0) is 24.6. The molecule has 1 atom stereocenters. The summed E-state index contributed by atoms with van der Waals surface area (Å²) in [6.07, 6.45) is 1.05. The molecule has 1 aliphatic rings. The van der Waals surface area contributed by atoms with E-state index >= 15 is 0 Å². The topological polar surface area (TPSA) is 103 Å². The van der Waals surface area contributed by atoms with Gasteiger partial charge in [-0.05, 0) is 68.8 Å². The third-order valence-corrected chi connectivity index (χ3v) is 5.85. The first-order valence-electron chi connectivity index (χ1n) is 10.6. The molecule has 2 heterocycles. The Hall–Kier alpha value is -4.38. The molecule has 0 fully saturated rings. The minimum absolute atomic E-state index is 0.0876. The van der Waals surface area contributed by atoms with Gasteiger partial charge in [0.15, 0.2) is 5.78 Å². The van der Waals surface area contributed by atoms with Crippen LogP contribution in [0.25, 0.3) is 11.1 Å². The lowest BCUT2D eigenvalue weighted by Crippen LogP contribution is -2.40. The Bertz CT molecular complexity index is 1380. The van der Waals surface area contributed by atoms with Gasteiger partial charge in [-0.2, -0.15) is 5.26 Å². The van der Waals surface area contributed by atoms with E-state index < -0.39 is 17.6 Å². The van der Waals surface area contributed by atoms with E-state index in [0.29, 0.717) is 44.9 Å². The Balaban J connectivity index is 1.74. The van der Waals surface area contributed by atoms with E-state index in [-0.39, 0.29) is 18.2 Å². The predicted octanol–water partition coefficient (Wildman–Crippen LogP) is 4.36. The summed E-state index contributed by atoms with van der Waals surface area (Å²) in [5.41, 5.74) is 3.66. The first-order valence-corrected chi connectivity index (χ1v) is 10.6. The molecule has 0 saturated carbocycles. The molecule has 170 valence electrons. The number of amides is 2. The van der Waals surface area contributed by atoms with Gasteiger partial charge in [-0.15, -0.1) is 0 Å². The van der Waals surface area contributed by atoms with E-state index in [1.165, 1.54) is 17.9 Å². The molecule has 0 bridgehead atoms. The number of carbonyl (C=O) groups is 3. The molecule has 0 unspecified atom stereocenters. The molecule has 1 N–H and O–H groups in total. The second-order valence-corrected chi connectivity index (χ2v) is 8.21. The molecular weight excluding hydrogens is 435 g/mol. The maximum Gasteiger partial charge on any atom is 0.244 e. The maximum atomic E-state index is 14.1. The first kappa shape index (κ1) is 22.8. The van der Waals surface area contributed by atoms with Crippen LogP contribution in [-0.2, 0) is 9.59 Å². The molecule has 0 saturated heterocycles. The lowest BCUT2D eigenvalue weighted by Gasteiger charge is -2.25. The fourth-order valence-electron chi connectivity index (χ4n) is 4.03. The Morgan fingerprint density at radius 3 is 2.53 bits per heavy atom. The fourth-order valence-corrected chi connectivity index (χ4v) is 4.03. The van der Waals surface area contributed by atoms with Gasteiger partial charge in [0.2, 0.25) is 11.8 Å². The van der Waals surface area contributed by atoms with Crippen LogP contribution in [-0.4, -0.2) is 29.1 Å². The SMILES string of the molecule is CC(=O)c1ccc(NC(=O)CN2C(=O)[C@H](C)c3ncc(F)cc3-c3cc(C#N)c(C)cc32)cc1. The minimum Gasteiger partial charge on any atom is -0.325 e. The van der Waals surface area contributed by atoms with Gasteiger partial charge in [0.25, 0.3) is 0 Å². The van der Waals surface area contributed by atoms with E-state index in [4.69, 9.17) is 0 Å². The number of nitriles is 1. The zero-order valence-electron chi connectivity index (χ0n) is 18.8. The molecular formula is C26H21FN4O3. The lowest BCUT2D eigenvalue weighted by molar-refractivity contribution is -0.122. The van der Waals surface area contributed by atoms with E-state index in [9.17, 15) is 24.0 Å². The Morgan fingerprint density at radius 1 is 1.18 bits per heavy atom. The zero-order valence-corrected chi connectivity index (χ0v) is 18.8. The van der Waals surface area contributed by atoms with Crippen LogP contribution in [0.2, 0.25) is 0 Å². The highest BCUT2D eigenvalue weighted by atomic mass is 19.1. The van der Waals surface area contributed by atoms with Crippen LogP contribution in [0.5, 0.6) is 0 Å². The van der Waals surface area contributed by atoms with Crippen LogP contribution in [0.3, 0.4) is 0 Å². The van der Waals surface area contributed by atoms with Crippen LogP contribution in [0, 0.1) is 24.1 Å². The Kier molecular flexibility index (Phi) is 5.95. The third kappa shape index (κ3) is 4.16. The molecule has 4 rings (SSSR count). The van der Waals surface area contributed by atoms with Gasteiger partial charge in [-0.3, -0.25) is 19.4 Å². The van der Waals surface area contributed by atoms with Crippen molar-refractivity contribution in [1.82, 2.24) is 4.98 Å². The lowest BCUT2D eigenvalue weighted by atomic mass is 9.95. The number of aromatic nitrogens is 1. The molecule has 0 spiro atoms. The number of Topliss-reactive ketones (excluding diaryl/α,β-unsaturated/α-hetero) is 1. The van der Waals surface area contributed by atoms with Crippen molar-refractivity contribution in [2.75, 3.05) is 16.8 Å². The highest BCUT2D eigenvalue weighted by Crippen LogP contribution is 2.41. The average Bonchev–Trinajstić information content (AvgIpc) is 2.88. The van der Waals surface area contributed by atoms with Crippen molar-refractivity contribution >= 4 is 29.0 Å². The van der Waals surface area contributed by atoms with Crippen LogP contribution >= 0.6 is 0 Å². The standard InChI is InChI=1S/C26H21FN4O3/c1-14-8-23-21(9-18(14)11-28)22-10-19(27)12-29-25(22)15(2)26(34)31(23)13-24(33)30-20-6-4-17(5-7-20)16(3)32/h4-10,12,15H,13H2,1-3H3,(H,30,33)/t15-/m1/s1. The van der Waals surface area contributed by atoms with Gasteiger partial charge < -0.3 is 10.2 Å². The molecule has 8 heteroatoms. The summed E-state index contributed by atoms with van der Waals surface area (Å²) in [5, 5.41) is 12.3. The molecule has 2 aromatic carbocycles. The van der Waals surface area contributed by atoms with E-state index in [1.54, 1.807) is 50.2 Å². The van der Waals surface area contributed by atoms with Crippen molar-refractivity contribution < 1.29 is 18.8 Å². The van der Waals surface area contributed by atoms with Crippen molar-refractivity contribution in [2.24, 2.45) is 0 Å².